The Kier molecular flexibility index (Phi) is 8.12. The average molecular weight is 591 g/mol. The summed E-state index contributed by atoms with van der Waals surface area (Å²) < 4.78 is 52.4. The monoisotopic (exact) mass is 590 g/mol. The molecule has 1 N–H and O–H groups in total. The van der Waals surface area contributed by atoms with Gasteiger partial charge in [-0.2, -0.15) is 4.31 Å². The van der Waals surface area contributed by atoms with Gasteiger partial charge in [-0.15, -0.1) is 0 Å². The van der Waals surface area contributed by atoms with Crippen LogP contribution >= 0.6 is 11.3 Å². The zero-order valence-corrected chi connectivity index (χ0v) is 24.6. The molecule has 1 aromatic heterocycles. The van der Waals surface area contributed by atoms with Crippen molar-refractivity contribution in [3.05, 3.63) is 48.0 Å². The number of nitrogens with zero attached hydrogens (tertiary/aromatic N) is 3. The Morgan fingerprint density at radius 3 is 2.28 bits per heavy atom. The first-order valence-corrected chi connectivity index (χ1v) is 17.4. The number of thiazole rings is 1. The van der Waals surface area contributed by atoms with Crippen molar-refractivity contribution in [2.45, 2.75) is 47.8 Å². The summed E-state index contributed by atoms with van der Waals surface area (Å²) in [4.78, 5) is 20.6. The molecule has 1 amide bonds. The number of carbonyl (C=O) groups is 1. The Morgan fingerprint density at radius 1 is 1.00 bits per heavy atom. The summed E-state index contributed by atoms with van der Waals surface area (Å²) in [5, 5.41) is 3.36. The SMILES string of the molecule is CN1CCN(S(=O)(=O)c2ccc(C(CC3CCCC3)C(=O)Nc3nc4ccc(S(C)(=O)=O)cc4s3)cc2)CC1. The highest BCUT2D eigenvalue weighted by molar-refractivity contribution is 7.90. The van der Waals surface area contributed by atoms with E-state index in [1.54, 1.807) is 36.4 Å². The highest BCUT2D eigenvalue weighted by Gasteiger charge is 2.30. The number of carbonyl (C=O) groups excluding carboxylic acids is 1. The third-order valence-corrected chi connectivity index (χ3v) is 11.7. The number of hydrogen-bond donors (Lipinski definition) is 1. The lowest BCUT2D eigenvalue weighted by Crippen LogP contribution is -2.47. The smallest absolute Gasteiger partial charge is 0.243 e. The molecule has 1 aliphatic carbocycles. The van der Waals surface area contributed by atoms with E-state index in [9.17, 15) is 21.6 Å². The molecule has 0 spiro atoms. The van der Waals surface area contributed by atoms with Crippen LogP contribution in [0.1, 0.15) is 43.6 Å². The third-order valence-electron chi connectivity index (χ3n) is 7.76. The molecule has 2 aromatic carbocycles. The predicted molar refractivity (Wildman–Crippen MR) is 153 cm³/mol. The van der Waals surface area contributed by atoms with Crippen molar-refractivity contribution < 1.29 is 21.6 Å². The van der Waals surface area contributed by atoms with E-state index in [-0.39, 0.29) is 15.7 Å². The van der Waals surface area contributed by atoms with Gasteiger partial charge < -0.3 is 10.2 Å². The zero-order chi connectivity index (χ0) is 27.8. The van der Waals surface area contributed by atoms with Crippen LogP contribution < -0.4 is 5.32 Å². The Bertz CT molecular complexity index is 1550. The van der Waals surface area contributed by atoms with E-state index < -0.39 is 25.8 Å². The number of likely N-dealkylation sites (N-methyl/N-ethyl adjacent to an activating group) is 1. The first-order valence-electron chi connectivity index (χ1n) is 13.2. The number of amides is 1. The molecule has 1 atom stereocenters. The molecular weight excluding hydrogens is 557 g/mol. The van der Waals surface area contributed by atoms with Crippen molar-refractivity contribution in [2.75, 3.05) is 44.8 Å². The van der Waals surface area contributed by atoms with E-state index in [1.165, 1.54) is 21.7 Å². The van der Waals surface area contributed by atoms with E-state index >= 15 is 0 Å². The van der Waals surface area contributed by atoms with Gasteiger partial charge in [0.2, 0.25) is 15.9 Å². The first-order chi connectivity index (χ1) is 18.5. The number of hydrogen-bond acceptors (Lipinski definition) is 8. The predicted octanol–water partition coefficient (Wildman–Crippen LogP) is 3.94. The number of anilines is 1. The van der Waals surface area contributed by atoms with Gasteiger partial charge >= 0.3 is 0 Å². The van der Waals surface area contributed by atoms with Crippen molar-refractivity contribution in [2.24, 2.45) is 5.92 Å². The number of fused-ring (bicyclic) bond motifs is 1. The van der Waals surface area contributed by atoms with Crippen LogP contribution in [0.2, 0.25) is 0 Å². The van der Waals surface area contributed by atoms with Crippen LogP contribution in [0.15, 0.2) is 52.3 Å². The Hall–Kier alpha value is -2.38. The summed E-state index contributed by atoms with van der Waals surface area (Å²) in [5.74, 6) is -0.215. The number of benzene rings is 2. The van der Waals surface area contributed by atoms with Crippen LogP contribution in [-0.4, -0.2) is 76.4 Å². The van der Waals surface area contributed by atoms with E-state index in [1.807, 2.05) is 7.05 Å². The van der Waals surface area contributed by atoms with E-state index in [0.29, 0.717) is 53.9 Å². The quantitative estimate of drug-likeness (QED) is 0.422. The summed E-state index contributed by atoms with van der Waals surface area (Å²) in [7, 11) is -4.96. The normalized spacial score (nSPS) is 18.9. The molecule has 1 saturated heterocycles. The minimum absolute atomic E-state index is 0.195. The van der Waals surface area contributed by atoms with Crippen LogP contribution in [0.3, 0.4) is 0 Å². The summed E-state index contributed by atoms with van der Waals surface area (Å²) in [6.07, 6.45) is 6.31. The van der Waals surface area contributed by atoms with Crippen molar-refractivity contribution in [1.82, 2.24) is 14.2 Å². The lowest BCUT2D eigenvalue weighted by molar-refractivity contribution is -0.118. The van der Waals surface area contributed by atoms with E-state index in [2.05, 4.69) is 15.2 Å². The van der Waals surface area contributed by atoms with Crippen LogP contribution in [-0.2, 0) is 24.7 Å². The van der Waals surface area contributed by atoms with Crippen molar-refractivity contribution >= 4 is 52.5 Å². The van der Waals surface area contributed by atoms with Gasteiger partial charge in [0, 0.05) is 32.4 Å². The molecule has 2 aliphatic rings. The number of rotatable bonds is 8. The molecule has 210 valence electrons. The van der Waals surface area contributed by atoms with Crippen molar-refractivity contribution in [3.63, 3.8) is 0 Å². The topological polar surface area (TPSA) is 117 Å². The summed E-state index contributed by atoms with van der Waals surface area (Å²) in [5.41, 5.74) is 1.39. The minimum atomic E-state index is -3.59. The molecule has 1 saturated carbocycles. The van der Waals surface area contributed by atoms with Gasteiger partial charge in [-0.3, -0.25) is 4.79 Å². The molecule has 5 rings (SSSR count). The van der Waals surface area contributed by atoms with Crippen molar-refractivity contribution in [3.8, 4) is 0 Å². The van der Waals surface area contributed by atoms with E-state index in [0.717, 1.165) is 37.5 Å². The maximum absolute atomic E-state index is 13.6. The molecular formula is C27H34N4O5S3. The fraction of sp³-hybridized carbons (Fsp3) is 0.481. The molecule has 9 nitrogen and oxygen atoms in total. The minimum Gasteiger partial charge on any atom is -0.304 e. The van der Waals surface area contributed by atoms with Crippen LogP contribution in [0.4, 0.5) is 5.13 Å². The van der Waals surface area contributed by atoms with E-state index in [4.69, 9.17) is 0 Å². The number of sulfone groups is 1. The molecule has 2 fully saturated rings. The number of sulfonamides is 1. The van der Waals surface area contributed by atoms with Crippen LogP contribution in [0, 0.1) is 5.92 Å². The van der Waals surface area contributed by atoms with Crippen LogP contribution in [0.5, 0.6) is 0 Å². The fourth-order valence-electron chi connectivity index (χ4n) is 5.41. The number of nitrogens with one attached hydrogen (secondary N) is 1. The molecule has 0 bridgehead atoms. The summed E-state index contributed by atoms with van der Waals surface area (Å²) in [6, 6.07) is 11.5. The molecule has 1 unspecified atom stereocenters. The van der Waals surface area contributed by atoms with Gasteiger partial charge in [0.1, 0.15) is 0 Å². The third kappa shape index (κ3) is 6.35. The first kappa shape index (κ1) is 28.2. The molecule has 0 radical (unpaired) electrons. The molecule has 3 aromatic rings. The largest absolute Gasteiger partial charge is 0.304 e. The van der Waals surface area contributed by atoms with Gasteiger partial charge in [0.25, 0.3) is 0 Å². The maximum Gasteiger partial charge on any atom is 0.243 e. The average Bonchev–Trinajstić information content (AvgIpc) is 3.56. The molecule has 2 heterocycles. The zero-order valence-electron chi connectivity index (χ0n) is 22.2. The van der Waals surface area contributed by atoms with Gasteiger partial charge in [0.15, 0.2) is 15.0 Å². The van der Waals surface area contributed by atoms with Gasteiger partial charge in [-0.25, -0.2) is 21.8 Å². The standard InChI is InChI=1S/C27H34N4O5S3/c1-30-13-15-31(16-14-30)39(35,36)21-9-7-20(8-10-21)23(17-19-5-3-4-6-19)26(32)29-27-28-24-12-11-22(38(2,33)34)18-25(24)37-27/h7-12,18-19,23H,3-6,13-17H2,1-2H3,(H,28,29,32). The Morgan fingerprint density at radius 2 is 1.64 bits per heavy atom. The van der Waals surface area contributed by atoms with Crippen LogP contribution in [0.25, 0.3) is 10.2 Å². The van der Waals surface area contributed by atoms with Gasteiger partial charge in [-0.05, 0) is 55.3 Å². The van der Waals surface area contributed by atoms with Gasteiger partial charge in [0.05, 0.1) is 25.9 Å². The number of piperazine rings is 1. The van der Waals surface area contributed by atoms with Crippen molar-refractivity contribution in [1.29, 1.82) is 0 Å². The highest BCUT2D eigenvalue weighted by atomic mass is 32.2. The molecule has 1 aliphatic heterocycles. The summed E-state index contributed by atoms with van der Waals surface area (Å²) >= 11 is 1.24. The summed E-state index contributed by atoms with van der Waals surface area (Å²) in [6.45, 7) is 2.31. The lowest BCUT2D eigenvalue weighted by atomic mass is 9.87. The Balaban J connectivity index is 1.37. The fourth-order valence-corrected chi connectivity index (χ4v) is 8.46. The second kappa shape index (κ2) is 11.2. The Labute approximate surface area is 234 Å². The second-order valence-electron chi connectivity index (χ2n) is 10.6. The number of aromatic nitrogens is 1. The van der Waals surface area contributed by atoms with Gasteiger partial charge in [-0.1, -0.05) is 49.2 Å². The lowest BCUT2D eigenvalue weighted by Gasteiger charge is -2.31. The maximum atomic E-state index is 13.6. The highest BCUT2D eigenvalue weighted by Crippen LogP contribution is 2.36. The second-order valence-corrected chi connectivity index (χ2v) is 15.6. The molecule has 39 heavy (non-hydrogen) atoms. The molecule has 12 heteroatoms.